The number of carbonyl (C=O) groups is 3. The van der Waals surface area contributed by atoms with Gasteiger partial charge in [-0.2, -0.15) is 0 Å². The maximum Gasteiger partial charge on any atom is 0.357 e. The van der Waals surface area contributed by atoms with Crippen molar-refractivity contribution in [3.05, 3.63) is 29.9 Å². The van der Waals surface area contributed by atoms with Crippen molar-refractivity contribution in [2.45, 2.75) is 20.8 Å². The van der Waals surface area contributed by atoms with E-state index in [1.54, 1.807) is 18.7 Å². The third-order valence-corrected chi connectivity index (χ3v) is 5.27. The molecule has 1 saturated heterocycles. The van der Waals surface area contributed by atoms with Crippen LogP contribution in [0.5, 0.6) is 0 Å². The third-order valence-electron chi connectivity index (χ3n) is 5.27. The van der Waals surface area contributed by atoms with Gasteiger partial charge in [-0.25, -0.2) is 9.78 Å². The minimum absolute atomic E-state index is 0.00187. The highest BCUT2D eigenvalue weighted by atomic mass is 16.5. The molecule has 1 aliphatic carbocycles. The Morgan fingerprint density at radius 2 is 1.93 bits per heavy atom. The number of aromatic nitrogens is 2. The van der Waals surface area contributed by atoms with Gasteiger partial charge in [0.1, 0.15) is 0 Å². The lowest BCUT2D eigenvalue weighted by Crippen LogP contribution is -2.37. The number of carbonyl (C=O) groups excluding carboxylic acids is 3. The summed E-state index contributed by atoms with van der Waals surface area (Å²) in [7, 11) is 0. The summed E-state index contributed by atoms with van der Waals surface area (Å²) >= 11 is 0. The maximum absolute atomic E-state index is 13.0. The lowest BCUT2D eigenvalue weighted by atomic mass is 9.72. The molecule has 0 bridgehead atoms. The zero-order valence-corrected chi connectivity index (χ0v) is 15.8. The quantitative estimate of drug-likeness (QED) is 0.620. The van der Waals surface area contributed by atoms with Crippen LogP contribution in [-0.4, -0.2) is 59.0 Å². The molecule has 0 unspecified atom stereocenters. The van der Waals surface area contributed by atoms with E-state index >= 15 is 0 Å². The second kappa shape index (κ2) is 7.94. The van der Waals surface area contributed by atoms with E-state index < -0.39 is 5.97 Å². The molecule has 1 aliphatic heterocycles. The van der Waals surface area contributed by atoms with Crippen molar-refractivity contribution in [1.82, 2.24) is 14.9 Å². The second-order valence-electron chi connectivity index (χ2n) is 6.91. The van der Waals surface area contributed by atoms with E-state index in [-0.39, 0.29) is 53.5 Å². The Balaban J connectivity index is 1.78. The van der Waals surface area contributed by atoms with Gasteiger partial charge in [-0.15, -0.1) is 0 Å². The van der Waals surface area contributed by atoms with Crippen molar-refractivity contribution in [3.63, 3.8) is 0 Å². The van der Waals surface area contributed by atoms with Gasteiger partial charge < -0.3 is 19.4 Å². The van der Waals surface area contributed by atoms with Crippen LogP contribution in [0.3, 0.4) is 0 Å². The van der Waals surface area contributed by atoms with Crippen LogP contribution in [0.25, 0.3) is 0 Å². The van der Waals surface area contributed by atoms with E-state index in [4.69, 9.17) is 9.47 Å². The molecule has 0 radical (unpaired) electrons. The molecule has 27 heavy (non-hydrogen) atoms. The number of hydrogen-bond acceptors (Lipinski definition) is 6. The monoisotopic (exact) mass is 375 g/mol. The molecule has 1 amide bonds. The first kappa shape index (κ1) is 19.1. The van der Waals surface area contributed by atoms with Crippen LogP contribution in [0, 0.1) is 23.7 Å². The average Bonchev–Trinajstić information content (AvgIpc) is 3.28. The number of fused-ring (bicyclic) bond motifs is 1. The topological polar surface area (TPSA) is 102 Å². The van der Waals surface area contributed by atoms with Gasteiger partial charge in [0.2, 0.25) is 0 Å². The molecule has 2 aliphatic rings. The van der Waals surface area contributed by atoms with Crippen LogP contribution < -0.4 is 0 Å². The fourth-order valence-electron chi connectivity index (χ4n) is 4.02. The summed E-state index contributed by atoms with van der Waals surface area (Å²) in [4.78, 5) is 45.8. The Morgan fingerprint density at radius 1 is 1.19 bits per heavy atom. The number of nitrogens with zero attached hydrogens (tertiary/aromatic N) is 2. The van der Waals surface area contributed by atoms with E-state index in [2.05, 4.69) is 16.0 Å². The van der Waals surface area contributed by atoms with E-state index in [9.17, 15) is 14.4 Å². The number of imidazole rings is 1. The summed E-state index contributed by atoms with van der Waals surface area (Å²) in [5.41, 5.74) is 0.111. The predicted molar refractivity (Wildman–Crippen MR) is 95.9 cm³/mol. The largest absolute Gasteiger partial charge is 0.466 e. The molecule has 1 aromatic rings. The van der Waals surface area contributed by atoms with Crippen molar-refractivity contribution in [2.24, 2.45) is 23.7 Å². The molecule has 8 heteroatoms. The molecule has 1 N–H and O–H groups in total. The number of allylic oxidation sites excluding steroid dienone is 1. The van der Waals surface area contributed by atoms with Gasteiger partial charge in [-0.05, 0) is 31.6 Å². The summed E-state index contributed by atoms with van der Waals surface area (Å²) in [6.07, 6.45) is 5.41. The number of rotatable bonds is 5. The Hall–Kier alpha value is -2.64. The van der Waals surface area contributed by atoms with Crippen molar-refractivity contribution in [1.29, 1.82) is 0 Å². The predicted octanol–water partition coefficient (Wildman–Crippen LogP) is 1.66. The first-order valence-electron chi connectivity index (χ1n) is 9.32. The van der Waals surface area contributed by atoms with Crippen molar-refractivity contribution in [2.75, 3.05) is 26.3 Å². The molecule has 146 valence electrons. The second-order valence-corrected chi connectivity index (χ2v) is 6.91. The Labute approximate surface area is 157 Å². The lowest BCUT2D eigenvalue weighted by molar-refractivity contribution is -0.152. The van der Waals surface area contributed by atoms with Gasteiger partial charge in [-0.3, -0.25) is 9.59 Å². The normalized spacial score (nSPS) is 26.6. The Morgan fingerprint density at radius 3 is 2.63 bits per heavy atom. The molecular formula is C19H25N3O5. The van der Waals surface area contributed by atoms with Crippen LogP contribution in [0.2, 0.25) is 0 Å². The third kappa shape index (κ3) is 3.61. The van der Waals surface area contributed by atoms with Crippen molar-refractivity contribution >= 4 is 17.8 Å². The molecule has 1 aromatic heterocycles. The molecule has 4 atom stereocenters. The molecule has 0 saturated carbocycles. The Bertz CT molecular complexity index is 756. The molecule has 1 fully saturated rings. The van der Waals surface area contributed by atoms with E-state index in [1.807, 2.05) is 13.0 Å². The zero-order chi connectivity index (χ0) is 19.6. The van der Waals surface area contributed by atoms with Crippen LogP contribution in [0.4, 0.5) is 0 Å². The number of hydrogen-bond donors (Lipinski definition) is 1. The number of H-pyrrole nitrogens is 1. The number of ether oxygens (including phenoxy) is 2. The standard InChI is InChI=1S/C19H25N3O5/c1-4-26-18(24)14-11(3)6-7-12-8-22(9-13(12)14)17(23)15-16(21-10-20-15)19(25)27-5-2/h6-7,10-14H,4-5,8-9H2,1-3H3,(H,20,21)/t11-,12-,13+,14+/m0/s1. The fraction of sp³-hybridized carbons (Fsp3) is 0.579. The number of esters is 2. The summed E-state index contributed by atoms with van der Waals surface area (Å²) < 4.78 is 10.2. The summed E-state index contributed by atoms with van der Waals surface area (Å²) in [6.45, 7) is 6.94. The summed E-state index contributed by atoms with van der Waals surface area (Å²) in [6, 6.07) is 0. The molecule has 0 spiro atoms. The molecular weight excluding hydrogens is 350 g/mol. The van der Waals surface area contributed by atoms with E-state index in [0.717, 1.165) is 0 Å². The highest BCUT2D eigenvalue weighted by Crippen LogP contribution is 2.40. The SMILES string of the molecule is CCOC(=O)c1[nH]cnc1C(=O)N1C[C@H]2[C@H](C(=O)OCC)[C@@H](C)C=C[C@H]2C1. The summed E-state index contributed by atoms with van der Waals surface area (Å²) in [5, 5.41) is 0. The first-order chi connectivity index (χ1) is 13.0. The minimum atomic E-state index is -0.604. The molecule has 8 nitrogen and oxygen atoms in total. The van der Waals surface area contributed by atoms with Crippen LogP contribution >= 0.6 is 0 Å². The van der Waals surface area contributed by atoms with Crippen molar-refractivity contribution < 1.29 is 23.9 Å². The zero-order valence-electron chi connectivity index (χ0n) is 15.8. The van der Waals surface area contributed by atoms with Gasteiger partial charge in [0.25, 0.3) is 5.91 Å². The van der Waals surface area contributed by atoms with Crippen LogP contribution in [0.1, 0.15) is 41.7 Å². The number of aromatic amines is 1. The number of nitrogens with one attached hydrogen (secondary N) is 1. The summed E-state index contributed by atoms with van der Waals surface area (Å²) in [5.74, 6) is -1.29. The average molecular weight is 375 g/mol. The van der Waals surface area contributed by atoms with Gasteiger partial charge in [0, 0.05) is 13.1 Å². The number of likely N-dealkylation sites (tertiary alicyclic amines) is 1. The maximum atomic E-state index is 13.0. The van der Waals surface area contributed by atoms with Gasteiger partial charge in [0.05, 0.1) is 25.5 Å². The number of amides is 1. The van der Waals surface area contributed by atoms with Gasteiger partial charge in [0.15, 0.2) is 11.4 Å². The Kier molecular flexibility index (Phi) is 5.62. The lowest BCUT2D eigenvalue weighted by Gasteiger charge is -2.31. The van der Waals surface area contributed by atoms with Gasteiger partial charge in [-0.1, -0.05) is 19.1 Å². The fourth-order valence-corrected chi connectivity index (χ4v) is 4.02. The highest BCUT2D eigenvalue weighted by Gasteiger charge is 2.46. The minimum Gasteiger partial charge on any atom is -0.466 e. The van der Waals surface area contributed by atoms with Crippen LogP contribution in [0.15, 0.2) is 18.5 Å². The molecule has 0 aromatic carbocycles. The van der Waals surface area contributed by atoms with E-state index in [0.29, 0.717) is 19.7 Å². The highest BCUT2D eigenvalue weighted by molar-refractivity contribution is 6.03. The van der Waals surface area contributed by atoms with Crippen molar-refractivity contribution in [3.8, 4) is 0 Å². The van der Waals surface area contributed by atoms with Crippen LogP contribution in [-0.2, 0) is 14.3 Å². The molecule has 3 rings (SSSR count). The van der Waals surface area contributed by atoms with Gasteiger partial charge >= 0.3 is 11.9 Å². The first-order valence-corrected chi connectivity index (χ1v) is 9.32. The smallest absolute Gasteiger partial charge is 0.357 e. The molecule has 2 heterocycles. The van der Waals surface area contributed by atoms with E-state index in [1.165, 1.54) is 6.33 Å².